The van der Waals surface area contributed by atoms with Crippen LogP contribution in [0.5, 0.6) is 0 Å². The molecule has 3 rings (SSSR count). The number of benzene rings is 2. The topological polar surface area (TPSA) is 125 Å². The van der Waals surface area contributed by atoms with E-state index in [0.29, 0.717) is 5.69 Å². The number of nitrogen functional groups attached to an aromatic ring is 1. The molecule has 0 unspecified atom stereocenters. The molecule has 0 aliphatic carbocycles. The largest absolute Gasteiger partial charge is 0.444 e. The fraction of sp³-hybridized carbons (Fsp3) is 0.391. The summed E-state index contributed by atoms with van der Waals surface area (Å²) >= 11 is 0. The van der Waals surface area contributed by atoms with Gasteiger partial charge in [-0.05, 0) is 45.0 Å². The van der Waals surface area contributed by atoms with Crippen LogP contribution in [-0.4, -0.2) is 61.4 Å². The molecule has 12 heteroatoms. The zero-order valence-electron chi connectivity index (χ0n) is 19.9. The lowest BCUT2D eigenvalue weighted by molar-refractivity contribution is 0.0192. The normalized spacial score (nSPS) is 14.9. The number of anilines is 1. The zero-order chi connectivity index (χ0) is 25.8. The van der Waals surface area contributed by atoms with Crippen molar-refractivity contribution in [1.82, 2.24) is 14.6 Å². The number of hydrazine groups is 1. The van der Waals surface area contributed by atoms with E-state index in [1.165, 1.54) is 21.3 Å². The van der Waals surface area contributed by atoms with Gasteiger partial charge in [0.1, 0.15) is 11.4 Å². The molecular formula is C23H30FN5O5S. The minimum atomic E-state index is -4.09. The van der Waals surface area contributed by atoms with E-state index in [4.69, 9.17) is 10.6 Å². The highest BCUT2D eigenvalue weighted by atomic mass is 32.2. The van der Waals surface area contributed by atoms with Crippen LogP contribution < -0.4 is 15.6 Å². The molecule has 3 N–H and O–H groups in total. The number of hydrogen-bond acceptors (Lipinski definition) is 6. The molecule has 2 aromatic rings. The minimum Gasteiger partial charge on any atom is -0.444 e. The van der Waals surface area contributed by atoms with Gasteiger partial charge in [0, 0.05) is 37.3 Å². The number of piperazine rings is 1. The summed E-state index contributed by atoms with van der Waals surface area (Å²) in [7, 11) is -4.09. The first-order valence-electron chi connectivity index (χ1n) is 11.0. The first kappa shape index (κ1) is 26.4. The van der Waals surface area contributed by atoms with Crippen LogP contribution in [-0.2, 0) is 21.5 Å². The van der Waals surface area contributed by atoms with Crippen molar-refractivity contribution in [2.24, 2.45) is 5.84 Å². The molecule has 1 saturated heterocycles. The summed E-state index contributed by atoms with van der Waals surface area (Å²) in [4.78, 5) is 25.5. The number of rotatable bonds is 6. The van der Waals surface area contributed by atoms with E-state index in [-0.39, 0.29) is 43.9 Å². The van der Waals surface area contributed by atoms with Gasteiger partial charge in [0.05, 0.1) is 12.2 Å². The first-order chi connectivity index (χ1) is 16.4. The number of nitrogens with zero attached hydrogens (tertiary/aromatic N) is 3. The molecule has 1 aliphatic heterocycles. The maximum absolute atomic E-state index is 14.8. The summed E-state index contributed by atoms with van der Waals surface area (Å²) < 4.78 is 49.8. The Kier molecular flexibility index (Phi) is 7.98. The highest BCUT2D eigenvalue weighted by Crippen LogP contribution is 2.25. The molecule has 1 fully saturated rings. The number of halogens is 1. The van der Waals surface area contributed by atoms with Gasteiger partial charge in [-0.2, -0.15) is 12.7 Å². The summed E-state index contributed by atoms with van der Waals surface area (Å²) in [5.74, 6) is 3.70. The van der Waals surface area contributed by atoms with E-state index in [1.54, 1.807) is 51.1 Å². The van der Waals surface area contributed by atoms with Crippen molar-refractivity contribution in [2.75, 3.05) is 30.5 Å². The SMILES string of the molecule is CC(C)(C)OC(=O)N1CCN(S(=O)(=O)N(Cc2ccc(C(=O)NN)cc2F)c2ccccc2)CC1. The number of hydrogen-bond donors (Lipinski definition) is 2. The number of amides is 2. The number of carbonyl (C=O) groups excluding carboxylic acids is 2. The van der Waals surface area contributed by atoms with Crippen molar-refractivity contribution in [3.05, 3.63) is 65.5 Å². The van der Waals surface area contributed by atoms with Gasteiger partial charge in [0.2, 0.25) is 0 Å². The summed E-state index contributed by atoms with van der Waals surface area (Å²) in [6.45, 7) is 5.43. The molecule has 190 valence electrons. The predicted octanol–water partition coefficient (Wildman–Crippen LogP) is 2.23. The van der Waals surface area contributed by atoms with E-state index in [2.05, 4.69) is 0 Å². The van der Waals surface area contributed by atoms with Crippen LogP contribution in [0.15, 0.2) is 48.5 Å². The Bertz CT molecular complexity index is 1160. The molecule has 2 aromatic carbocycles. The van der Waals surface area contributed by atoms with Crippen LogP contribution in [0.25, 0.3) is 0 Å². The van der Waals surface area contributed by atoms with Crippen molar-refractivity contribution >= 4 is 27.9 Å². The van der Waals surface area contributed by atoms with Gasteiger partial charge in [0.25, 0.3) is 5.91 Å². The number of nitrogens with two attached hydrogens (primary N) is 1. The quantitative estimate of drug-likeness (QED) is 0.351. The smallest absolute Gasteiger partial charge is 0.410 e. The lowest BCUT2D eigenvalue weighted by Crippen LogP contribution is -2.54. The van der Waals surface area contributed by atoms with Crippen molar-refractivity contribution in [3.63, 3.8) is 0 Å². The number of para-hydroxylation sites is 1. The maximum Gasteiger partial charge on any atom is 0.410 e. The fourth-order valence-electron chi connectivity index (χ4n) is 3.52. The van der Waals surface area contributed by atoms with Gasteiger partial charge in [-0.3, -0.25) is 14.5 Å². The lowest BCUT2D eigenvalue weighted by Gasteiger charge is -2.37. The lowest BCUT2D eigenvalue weighted by atomic mass is 10.1. The van der Waals surface area contributed by atoms with E-state index < -0.39 is 33.6 Å². The highest BCUT2D eigenvalue weighted by molar-refractivity contribution is 7.90. The molecule has 2 amide bonds. The van der Waals surface area contributed by atoms with Gasteiger partial charge in [0.15, 0.2) is 0 Å². The fourth-order valence-corrected chi connectivity index (χ4v) is 5.12. The summed E-state index contributed by atoms with van der Waals surface area (Å²) in [6, 6.07) is 12.1. The van der Waals surface area contributed by atoms with Gasteiger partial charge >= 0.3 is 16.3 Å². The molecule has 35 heavy (non-hydrogen) atoms. The molecule has 0 radical (unpaired) electrons. The van der Waals surface area contributed by atoms with Crippen molar-refractivity contribution in [2.45, 2.75) is 32.9 Å². The van der Waals surface area contributed by atoms with Gasteiger partial charge in [-0.15, -0.1) is 0 Å². The highest BCUT2D eigenvalue weighted by Gasteiger charge is 2.35. The first-order valence-corrected chi connectivity index (χ1v) is 12.4. The minimum absolute atomic E-state index is 0.0149. The summed E-state index contributed by atoms with van der Waals surface area (Å²) in [6.07, 6.45) is -0.502. The van der Waals surface area contributed by atoms with Crippen LogP contribution in [0, 0.1) is 5.82 Å². The number of carbonyl (C=O) groups is 2. The van der Waals surface area contributed by atoms with Crippen molar-refractivity contribution in [1.29, 1.82) is 0 Å². The van der Waals surface area contributed by atoms with Gasteiger partial charge in [-0.1, -0.05) is 24.3 Å². The third-order valence-corrected chi connectivity index (χ3v) is 7.21. The van der Waals surface area contributed by atoms with Gasteiger partial charge in [-0.25, -0.2) is 15.0 Å². The Hall–Kier alpha value is -3.22. The summed E-state index contributed by atoms with van der Waals surface area (Å²) in [5, 5.41) is 0. The Labute approximate surface area is 204 Å². The van der Waals surface area contributed by atoms with E-state index in [1.807, 2.05) is 5.43 Å². The third kappa shape index (κ3) is 6.47. The Morgan fingerprint density at radius 3 is 2.26 bits per heavy atom. The van der Waals surface area contributed by atoms with Crippen LogP contribution in [0.2, 0.25) is 0 Å². The van der Waals surface area contributed by atoms with Crippen molar-refractivity contribution in [3.8, 4) is 0 Å². The van der Waals surface area contributed by atoms with Crippen LogP contribution in [0.1, 0.15) is 36.7 Å². The Balaban J connectivity index is 1.83. The molecule has 0 saturated carbocycles. The van der Waals surface area contributed by atoms with Crippen molar-refractivity contribution < 1.29 is 27.1 Å². The standard InChI is InChI=1S/C23H30FN5O5S/c1-23(2,3)34-22(31)27-11-13-28(14-12-27)35(32,33)29(19-7-5-4-6-8-19)16-18-10-9-17(15-20(18)24)21(30)26-25/h4-10,15H,11-14,16,25H2,1-3H3,(H,26,30). The number of ether oxygens (including phenoxy) is 1. The number of nitrogens with one attached hydrogen (secondary N) is 1. The van der Waals surface area contributed by atoms with Crippen LogP contribution >= 0.6 is 0 Å². The monoisotopic (exact) mass is 507 g/mol. The van der Waals surface area contributed by atoms with E-state index in [9.17, 15) is 22.4 Å². The molecule has 1 aliphatic rings. The molecule has 10 nitrogen and oxygen atoms in total. The Morgan fingerprint density at radius 2 is 1.71 bits per heavy atom. The average Bonchev–Trinajstić information content (AvgIpc) is 2.82. The third-order valence-electron chi connectivity index (χ3n) is 5.30. The zero-order valence-corrected chi connectivity index (χ0v) is 20.7. The predicted molar refractivity (Wildman–Crippen MR) is 129 cm³/mol. The molecule has 0 atom stereocenters. The van der Waals surface area contributed by atoms with Crippen LogP contribution in [0.3, 0.4) is 0 Å². The second-order valence-electron chi connectivity index (χ2n) is 9.00. The molecular weight excluding hydrogens is 477 g/mol. The second kappa shape index (κ2) is 10.6. The molecule has 0 spiro atoms. The molecule has 0 bridgehead atoms. The molecule has 1 heterocycles. The van der Waals surface area contributed by atoms with Gasteiger partial charge < -0.3 is 9.64 Å². The Morgan fingerprint density at radius 1 is 1.09 bits per heavy atom. The maximum atomic E-state index is 14.8. The summed E-state index contributed by atoms with van der Waals surface area (Å²) in [5.41, 5.74) is 1.72. The average molecular weight is 508 g/mol. The van der Waals surface area contributed by atoms with E-state index in [0.717, 1.165) is 10.4 Å². The van der Waals surface area contributed by atoms with Crippen LogP contribution in [0.4, 0.5) is 14.9 Å². The molecule has 0 aromatic heterocycles. The second-order valence-corrected chi connectivity index (χ2v) is 10.8. The van der Waals surface area contributed by atoms with E-state index >= 15 is 0 Å².